The number of nitrogens with one attached hydrogen (secondary N) is 1. The van der Waals surface area contributed by atoms with E-state index in [1.807, 2.05) is 0 Å². The van der Waals surface area contributed by atoms with Crippen LogP contribution in [0, 0.1) is 0 Å². The van der Waals surface area contributed by atoms with E-state index < -0.39 is 17.3 Å². The van der Waals surface area contributed by atoms with Gasteiger partial charge in [-0.3, -0.25) is 23.5 Å². The van der Waals surface area contributed by atoms with Crippen molar-refractivity contribution in [2.75, 3.05) is 24.1 Å². The minimum atomic E-state index is -0.546. The molecular formula is C22H26N6O5S. The van der Waals surface area contributed by atoms with Gasteiger partial charge in [0.2, 0.25) is 11.8 Å². The number of aromatic nitrogens is 4. The summed E-state index contributed by atoms with van der Waals surface area (Å²) in [6.45, 7) is 0.388. The third-order valence-corrected chi connectivity index (χ3v) is 6.88. The first-order valence-corrected chi connectivity index (χ1v) is 11.9. The lowest BCUT2D eigenvalue weighted by Gasteiger charge is -2.23. The number of rotatable bonds is 7. The molecule has 1 aromatic carbocycles. The van der Waals surface area contributed by atoms with Gasteiger partial charge in [0.1, 0.15) is 11.8 Å². The number of thioether (sulfide) groups is 1. The second-order valence-corrected chi connectivity index (χ2v) is 9.02. The van der Waals surface area contributed by atoms with Crippen molar-refractivity contribution in [1.29, 1.82) is 0 Å². The first-order chi connectivity index (χ1) is 16.3. The summed E-state index contributed by atoms with van der Waals surface area (Å²) in [7, 11) is 4.56. The lowest BCUT2D eigenvalue weighted by molar-refractivity contribution is -0.136. The Morgan fingerprint density at radius 2 is 1.91 bits per heavy atom. The van der Waals surface area contributed by atoms with E-state index >= 15 is 0 Å². The van der Waals surface area contributed by atoms with Crippen molar-refractivity contribution in [2.24, 2.45) is 14.1 Å². The third kappa shape index (κ3) is 4.45. The normalized spacial score (nSPS) is 15.6. The van der Waals surface area contributed by atoms with Crippen molar-refractivity contribution >= 4 is 40.4 Å². The molecule has 12 heteroatoms. The summed E-state index contributed by atoms with van der Waals surface area (Å²) in [6.07, 6.45) is 2.19. The van der Waals surface area contributed by atoms with Crippen molar-refractivity contribution in [3.8, 4) is 5.75 Å². The molecule has 2 amide bonds. The lowest BCUT2D eigenvalue weighted by Crippen LogP contribution is -2.44. The molecule has 11 nitrogen and oxygen atoms in total. The van der Waals surface area contributed by atoms with Crippen LogP contribution >= 0.6 is 11.8 Å². The summed E-state index contributed by atoms with van der Waals surface area (Å²) in [6, 6.07) is 6.47. The van der Waals surface area contributed by atoms with Crippen LogP contribution in [0.1, 0.15) is 12.8 Å². The molecule has 3 heterocycles. The lowest BCUT2D eigenvalue weighted by atomic mass is 10.2. The van der Waals surface area contributed by atoms with Crippen LogP contribution in [0.15, 0.2) is 40.2 Å². The standard InChI is InChI=1S/C22H26N6O5S/c1-25-19-18(21(31)26(2)22(25)32)27(12-23-19)10-4-5-17(29)28-13-34-11-16(28)20(30)24-14-6-8-15(33-3)9-7-14/h6-9,12,16H,4-5,10-11,13H2,1-3H3,(H,24,30). The second kappa shape index (κ2) is 9.75. The minimum absolute atomic E-state index is 0.121. The largest absolute Gasteiger partial charge is 0.497 e. The summed E-state index contributed by atoms with van der Waals surface area (Å²) in [4.78, 5) is 56.1. The van der Waals surface area contributed by atoms with Crippen LogP contribution in [0.5, 0.6) is 5.75 Å². The molecule has 180 valence electrons. The number of nitrogens with zero attached hydrogens (tertiary/aromatic N) is 5. The van der Waals surface area contributed by atoms with Gasteiger partial charge < -0.3 is 19.5 Å². The molecule has 0 aliphatic carbocycles. The number of imidazole rings is 1. The number of carbonyl (C=O) groups excluding carboxylic acids is 2. The predicted molar refractivity (Wildman–Crippen MR) is 129 cm³/mol. The topological polar surface area (TPSA) is 120 Å². The number of aryl methyl sites for hydroxylation is 2. The quantitative estimate of drug-likeness (QED) is 0.524. The maximum absolute atomic E-state index is 12.9. The molecule has 1 aliphatic rings. The van der Waals surface area contributed by atoms with Crippen molar-refractivity contribution in [3.63, 3.8) is 0 Å². The Morgan fingerprint density at radius 3 is 2.62 bits per heavy atom. The number of fused-ring (bicyclic) bond motifs is 1. The highest BCUT2D eigenvalue weighted by atomic mass is 32.2. The highest BCUT2D eigenvalue weighted by Gasteiger charge is 2.34. The van der Waals surface area contributed by atoms with Crippen LogP contribution in [0.4, 0.5) is 5.69 Å². The molecule has 4 rings (SSSR count). The van der Waals surface area contributed by atoms with Crippen LogP contribution in [0.25, 0.3) is 11.2 Å². The maximum Gasteiger partial charge on any atom is 0.332 e. The van der Waals surface area contributed by atoms with E-state index in [-0.39, 0.29) is 18.2 Å². The van der Waals surface area contributed by atoms with E-state index in [1.165, 1.54) is 29.7 Å². The second-order valence-electron chi connectivity index (χ2n) is 8.02. The third-order valence-electron chi connectivity index (χ3n) is 5.87. The van der Waals surface area contributed by atoms with Gasteiger partial charge >= 0.3 is 5.69 Å². The Kier molecular flexibility index (Phi) is 6.77. The molecule has 1 fully saturated rings. The fraction of sp³-hybridized carbons (Fsp3) is 0.409. The number of ether oxygens (including phenoxy) is 1. The van der Waals surface area contributed by atoms with Gasteiger partial charge in [-0.25, -0.2) is 9.78 Å². The fourth-order valence-corrected chi connectivity index (χ4v) is 5.10. The minimum Gasteiger partial charge on any atom is -0.497 e. The fourth-order valence-electron chi connectivity index (χ4n) is 3.92. The molecule has 1 atom stereocenters. The zero-order valence-electron chi connectivity index (χ0n) is 19.2. The molecule has 1 saturated heterocycles. The molecule has 0 radical (unpaired) electrons. The Labute approximate surface area is 199 Å². The van der Waals surface area contributed by atoms with E-state index in [9.17, 15) is 19.2 Å². The van der Waals surface area contributed by atoms with Crippen molar-refractivity contribution < 1.29 is 14.3 Å². The van der Waals surface area contributed by atoms with Gasteiger partial charge in [0.05, 0.1) is 19.3 Å². The van der Waals surface area contributed by atoms with E-state index in [0.29, 0.717) is 47.2 Å². The van der Waals surface area contributed by atoms with Crippen LogP contribution < -0.4 is 21.3 Å². The highest BCUT2D eigenvalue weighted by molar-refractivity contribution is 7.99. The van der Waals surface area contributed by atoms with Crippen LogP contribution in [0.3, 0.4) is 0 Å². The van der Waals surface area contributed by atoms with E-state index in [4.69, 9.17) is 4.74 Å². The van der Waals surface area contributed by atoms with Crippen LogP contribution in [0.2, 0.25) is 0 Å². The summed E-state index contributed by atoms with van der Waals surface area (Å²) >= 11 is 1.54. The SMILES string of the molecule is COc1ccc(NC(=O)C2CSCN2C(=O)CCCn2cnc3c2c(=O)n(C)c(=O)n3C)cc1. The van der Waals surface area contributed by atoms with Gasteiger partial charge in [-0.05, 0) is 30.7 Å². The molecule has 0 spiro atoms. The van der Waals surface area contributed by atoms with Gasteiger partial charge in [-0.1, -0.05) is 0 Å². The smallest absolute Gasteiger partial charge is 0.332 e. The Balaban J connectivity index is 1.38. The van der Waals surface area contributed by atoms with E-state index in [1.54, 1.807) is 47.9 Å². The Morgan fingerprint density at radius 1 is 1.18 bits per heavy atom. The van der Waals surface area contributed by atoms with Gasteiger partial charge in [0, 0.05) is 38.5 Å². The number of methoxy groups -OCH3 is 1. The van der Waals surface area contributed by atoms with Crippen molar-refractivity contribution in [3.05, 3.63) is 51.4 Å². The first kappa shape index (κ1) is 23.6. The van der Waals surface area contributed by atoms with E-state index in [0.717, 1.165) is 4.57 Å². The molecule has 0 saturated carbocycles. The van der Waals surface area contributed by atoms with Gasteiger partial charge in [-0.2, -0.15) is 0 Å². The summed E-state index contributed by atoms with van der Waals surface area (Å²) < 4.78 is 9.16. The van der Waals surface area contributed by atoms with Crippen LogP contribution in [-0.4, -0.2) is 60.2 Å². The Bertz CT molecular complexity index is 1340. The number of carbonyl (C=O) groups is 2. The van der Waals surface area contributed by atoms with Crippen LogP contribution in [-0.2, 0) is 30.2 Å². The number of hydrogen-bond donors (Lipinski definition) is 1. The molecule has 1 unspecified atom stereocenters. The van der Waals surface area contributed by atoms with E-state index in [2.05, 4.69) is 10.3 Å². The highest BCUT2D eigenvalue weighted by Crippen LogP contribution is 2.24. The zero-order valence-corrected chi connectivity index (χ0v) is 20.0. The summed E-state index contributed by atoms with van der Waals surface area (Å²) in [5.74, 6) is 1.33. The average molecular weight is 487 g/mol. The molecule has 34 heavy (non-hydrogen) atoms. The monoisotopic (exact) mass is 486 g/mol. The van der Waals surface area contributed by atoms with Gasteiger partial charge in [-0.15, -0.1) is 11.8 Å². The number of anilines is 1. The van der Waals surface area contributed by atoms with Gasteiger partial charge in [0.15, 0.2) is 11.2 Å². The average Bonchev–Trinajstić information content (AvgIpc) is 3.50. The molecule has 1 N–H and O–H groups in total. The summed E-state index contributed by atoms with van der Waals surface area (Å²) in [5.41, 5.74) is 0.408. The molecular weight excluding hydrogens is 460 g/mol. The number of amides is 2. The molecule has 0 bridgehead atoms. The molecule has 1 aliphatic heterocycles. The predicted octanol–water partition coefficient (Wildman–Crippen LogP) is 0.763. The van der Waals surface area contributed by atoms with Crippen molar-refractivity contribution in [2.45, 2.75) is 25.4 Å². The zero-order chi connectivity index (χ0) is 24.4. The number of benzene rings is 1. The first-order valence-electron chi connectivity index (χ1n) is 10.7. The molecule has 2 aromatic heterocycles. The Hall–Kier alpha value is -3.54. The van der Waals surface area contributed by atoms with Crippen molar-refractivity contribution in [1.82, 2.24) is 23.6 Å². The molecule has 3 aromatic rings. The number of hydrogen-bond acceptors (Lipinski definition) is 7. The summed E-state index contributed by atoms with van der Waals surface area (Å²) in [5, 5.41) is 2.86. The maximum atomic E-state index is 12.9. The van der Waals surface area contributed by atoms with Gasteiger partial charge in [0.25, 0.3) is 5.56 Å².